The zero-order valence-corrected chi connectivity index (χ0v) is 14.7. The number of hydrogen-bond donors (Lipinski definition) is 3. The molecule has 0 fully saturated rings. The normalized spacial score (nSPS) is 11.8. The van der Waals surface area contributed by atoms with E-state index in [1.54, 1.807) is 17.8 Å². The predicted molar refractivity (Wildman–Crippen MR) is 92.8 cm³/mol. The Bertz CT molecular complexity index is 788. The molecule has 0 spiro atoms. The van der Waals surface area contributed by atoms with Crippen LogP contribution < -0.4 is 16.2 Å². The van der Waals surface area contributed by atoms with Gasteiger partial charge in [0.2, 0.25) is 29.1 Å². The van der Waals surface area contributed by atoms with E-state index in [0.717, 1.165) is 5.75 Å². The van der Waals surface area contributed by atoms with Crippen molar-refractivity contribution >= 4 is 23.6 Å². The fourth-order valence-corrected chi connectivity index (χ4v) is 2.53. The van der Waals surface area contributed by atoms with Gasteiger partial charge < -0.3 is 20.1 Å². The first-order valence-electron chi connectivity index (χ1n) is 7.55. The third kappa shape index (κ3) is 5.75. The Morgan fingerprint density at radius 3 is 2.92 bits per heavy atom. The molecule has 2 heterocycles. The summed E-state index contributed by atoms with van der Waals surface area (Å²) in [5.41, 5.74) is 0.241. The molecule has 0 saturated carbocycles. The van der Waals surface area contributed by atoms with Gasteiger partial charge in [-0.2, -0.15) is 16.7 Å². The third-order valence-corrected chi connectivity index (χ3v) is 3.86. The molecule has 10 heteroatoms. The molecule has 2 aromatic heterocycles. The average molecular weight is 365 g/mol. The molecule has 2 aromatic rings. The molecule has 134 valence electrons. The standard InChI is InChI=1S/C15H19N5O4S/c1-9(21)18-11(4-6-25-2)15(23)17-8-13-19-14(20-24-13)10-3-5-16-12(22)7-10/h3,5,7,11H,4,6,8H2,1-2H3,(H,16,22)(H,17,23)(H,18,21)/t11-/m0/s1. The lowest BCUT2D eigenvalue weighted by atomic mass is 10.2. The van der Waals surface area contributed by atoms with E-state index in [4.69, 9.17) is 4.52 Å². The molecular weight excluding hydrogens is 346 g/mol. The maximum Gasteiger partial charge on any atom is 0.248 e. The fraction of sp³-hybridized carbons (Fsp3) is 0.400. The SMILES string of the molecule is CSCC[C@H](NC(C)=O)C(=O)NCc1nc(-c2cc[nH]c(=O)c2)no1. The van der Waals surface area contributed by atoms with Gasteiger partial charge in [-0.25, -0.2) is 0 Å². The van der Waals surface area contributed by atoms with Crippen LogP contribution in [-0.2, 0) is 16.1 Å². The quantitative estimate of drug-likeness (QED) is 0.613. The van der Waals surface area contributed by atoms with E-state index in [2.05, 4.69) is 25.8 Å². The van der Waals surface area contributed by atoms with Crippen molar-refractivity contribution in [2.75, 3.05) is 12.0 Å². The number of aromatic nitrogens is 3. The number of aromatic amines is 1. The number of carbonyl (C=O) groups excluding carboxylic acids is 2. The maximum atomic E-state index is 12.2. The van der Waals surface area contributed by atoms with Crippen molar-refractivity contribution in [1.29, 1.82) is 0 Å². The van der Waals surface area contributed by atoms with E-state index < -0.39 is 6.04 Å². The summed E-state index contributed by atoms with van der Waals surface area (Å²) in [6.07, 6.45) is 3.94. The topological polar surface area (TPSA) is 130 Å². The molecular formula is C15H19N5O4S. The second-order valence-electron chi connectivity index (χ2n) is 5.21. The average Bonchev–Trinajstić information content (AvgIpc) is 3.05. The Morgan fingerprint density at radius 1 is 1.44 bits per heavy atom. The van der Waals surface area contributed by atoms with Gasteiger partial charge in [0.15, 0.2) is 0 Å². The first-order chi connectivity index (χ1) is 12.0. The lowest BCUT2D eigenvalue weighted by Crippen LogP contribution is -2.46. The molecule has 0 bridgehead atoms. The molecule has 0 radical (unpaired) electrons. The molecule has 25 heavy (non-hydrogen) atoms. The lowest BCUT2D eigenvalue weighted by molar-refractivity contribution is -0.128. The molecule has 3 N–H and O–H groups in total. The minimum Gasteiger partial charge on any atom is -0.345 e. The van der Waals surface area contributed by atoms with E-state index in [1.807, 2.05) is 6.26 Å². The highest BCUT2D eigenvalue weighted by molar-refractivity contribution is 7.98. The number of nitrogens with zero attached hydrogens (tertiary/aromatic N) is 2. The Morgan fingerprint density at radius 2 is 2.24 bits per heavy atom. The predicted octanol–water partition coefficient (Wildman–Crippen LogP) is 0.299. The van der Waals surface area contributed by atoms with Crippen molar-refractivity contribution in [1.82, 2.24) is 25.8 Å². The third-order valence-electron chi connectivity index (χ3n) is 3.22. The van der Waals surface area contributed by atoms with Crippen molar-refractivity contribution in [2.24, 2.45) is 0 Å². The van der Waals surface area contributed by atoms with Gasteiger partial charge in [0, 0.05) is 24.8 Å². The second-order valence-corrected chi connectivity index (χ2v) is 6.19. The molecule has 1 atom stereocenters. The summed E-state index contributed by atoms with van der Waals surface area (Å²) in [6, 6.07) is 2.38. The van der Waals surface area contributed by atoms with Crippen LogP contribution in [0.15, 0.2) is 27.6 Å². The van der Waals surface area contributed by atoms with Gasteiger partial charge in [-0.05, 0) is 24.5 Å². The van der Waals surface area contributed by atoms with Crippen LogP contribution in [0.1, 0.15) is 19.2 Å². The van der Waals surface area contributed by atoms with E-state index in [-0.39, 0.29) is 35.6 Å². The summed E-state index contributed by atoms with van der Waals surface area (Å²) < 4.78 is 5.07. The monoisotopic (exact) mass is 365 g/mol. The summed E-state index contributed by atoms with van der Waals surface area (Å²) in [5, 5.41) is 9.07. The van der Waals surface area contributed by atoms with Crippen LogP contribution in [-0.4, -0.2) is 45.0 Å². The van der Waals surface area contributed by atoms with E-state index in [1.165, 1.54) is 19.2 Å². The summed E-state index contributed by atoms with van der Waals surface area (Å²) in [7, 11) is 0. The largest absolute Gasteiger partial charge is 0.345 e. The Kier molecular flexibility index (Phi) is 6.75. The smallest absolute Gasteiger partial charge is 0.248 e. The number of rotatable bonds is 8. The van der Waals surface area contributed by atoms with Crippen LogP contribution >= 0.6 is 11.8 Å². The minimum absolute atomic E-state index is 0.0321. The van der Waals surface area contributed by atoms with Gasteiger partial charge in [-0.1, -0.05) is 5.16 Å². The van der Waals surface area contributed by atoms with Crippen molar-refractivity contribution in [2.45, 2.75) is 25.9 Å². The molecule has 2 rings (SSSR count). The first kappa shape index (κ1) is 18.7. The fourth-order valence-electron chi connectivity index (χ4n) is 2.06. The highest BCUT2D eigenvalue weighted by atomic mass is 32.2. The molecule has 0 aliphatic rings. The Labute approximate surface area is 148 Å². The number of thioether (sulfide) groups is 1. The molecule has 0 aromatic carbocycles. The molecule has 0 aliphatic heterocycles. The number of nitrogens with one attached hydrogen (secondary N) is 3. The van der Waals surface area contributed by atoms with E-state index in [9.17, 15) is 14.4 Å². The maximum absolute atomic E-state index is 12.2. The molecule has 0 saturated heterocycles. The number of carbonyl (C=O) groups is 2. The molecule has 0 unspecified atom stereocenters. The summed E-state index contributed by atoms with van der Waals surface area (Å²) in [5.74, 6) is 0.619. The van der Waals surface area contributed by atoms with Crippen LogP contribution in [0.4, 0.5) is 0 Å². The zero-order chi connectivity index (χ0) is 18.2. The number of pyridine rings is 1. The van der Waals surface area contributed by atoms with Crippen molar-refractivity contribution in [3.63, 3.8) is 0 Å². The Hall–Kier alpha value is -2.62. The van der Waals surface area contributed by atoms with Crippen LogP contribution in [0.3, 0.4) is 0 Å². The second kappa shape index (κ2) is 9.02. The number of amides is 2. The zero-order valence-electron chi connectivity index (χ0n) is 13.9. The summed E-state index contributed by atoms with van der Waals surface area (Å²) in [4.78, 5) is 41.4. The summed E-state index contributed by atoms with van der Waals surface area (Å²) >= 11 is 1.59. The number of hydrogen-bond acceptors (Lipinski definition) is 7. The van der Waals surface area contributed by atoms with Gasteiger partial charge in [0.05, 0.1) is 6.54 Å². The van der Waals surface area contributed by atoms with E-state index in [0.29, 0.717) is 12.0 Å². The Balaban J connectivity index is 1.97. The van der Waals surface area contributed by atoms with Crippen molar-refractivity contribution in [3.8, 4) is 11.4 Å². The van der Waals surface area contributed by atoms with Gasteiger partial charge in [0.25, 0.3) is 0 Å². The van der Waals surface area contributed by atoms with Crippen LogP contribution in [0.25, 0.3) is 11.4 Å². The molecule has 9 nitrogen and oxygen atoms in total. The van der Waals surface area contributed by atoms with Gasteiger partial charge >= 0.3 is 0 Å². The van der Waals surface area contributed by atoms with Crippen LogP contribution in [0, 0.1) is 0 Å². The highest BCUT2D eigenvalue weighted by Crippen LogP contribution is 2.12. The van der Waals surface area contributed by atoms with Gasteiger partial charge in [-0.3, -0.25) is 14.4 Å². The molecule has 2 amide bonds. The van der Waals surface area contributed by atoms with E-state index >= 15 is 0 Å². The van der Waals surface area contributed by atoms with Gasteiger partial charge in [0.1, 0.15) is 6.04 Å². The lowest BCUT2D eigenvalue weighted by Gasteiger charge is -2.16. The summed E-state index contributed by atoms with van der Waals surface area (Å²) in [6.45, 7) is 1.40. The van der Waals surface area contributed by atoms with Crippen LogP contribution in [0.2, 0.25) is 0 Å². The van der Waals surface area contributed by atoms with Gasteiger partial charge in [-0.15, -0.1) is 0 Å². The molecule has 0 aliphatic carbocycles. The first-order valence-corrected chi connectivity index (χ1v) is 8.94. The van der Waals surface area contributed by atoms with Crippen LogP contribution in [0.5, 0.6) is 0 Å². The van der Waals surface area contributed by atoms with Crippen molar-refractivity contribution < 1.29 is 14.1 Å². The minimum atomic E-state index is -0.611. The highest BCUT2D eigenvalue weighted by Gasteiger charge is 2.19. The van der Waals surface area contributed by atoms with Crippen molar-refractivity contribution in [3.05, 3.63) is 34.6 Å². The number of H-pyrrole nitrogens is 1.